The Kier molecular flexibility index (Phi) is 3.44. The van der Waals surface area contributed by atoms with Crippen molar-refractivity contribution in [3.63, 3.8) is 0 Å². The predicted molar refractivity (Wildman–Crippen MR) is 64.8 cm³/mol. The molecule has 1 aromatic carbocycles. The molecule has 4 nitrogen and oxygen atoms in total. The van der Waals surface area contributed by atoms with Crippen LogP contribution in [-0.2, 0) is 0 Å². The van der Waals surface area contributed by atoms with Gasteiger partial charge in [-0.05, 0) is 24.6 Å². The van der Waals surface area contributed by atoms with Crippen LogP contribution >= 0.6 is 11.6 Å². The lowest BCUT2D eigenvalue weighted by atomic mass is 10.2. The highest BCUT2D eigenvalue weighted by atomic mass is 35.5. The Bertz CT molecular complexity index is 532. The molecule has 0 saturated carbocycles. The fraction of sp³-hybridized carbons (Fsp3) is 0.167. The minimum Gasteiger partial charge on any atom is -0.481 e. The molecule has 2 aromatic rings. The van der Waals surface area contributed by atoms with Gasteiger partial charge in [-0.25, -0.2) is 4.98 Å². The van der Waals surface area contributed by atoms with Crippen molar-refractivity contribution in [2.24, 2.45) is 0 Å². The smallest absolute Gasteiger partial charge is 0.325 e. The van der Waals surface area contributed by atoms with Crippen LogP contribution in [0.3, 0.4) is 0 Å². The van der Waals surface area contributed by atoms with E-state index in [0.717, 1.165) is 5.56 Å². The first-order valence-electron chi connectivity index (χ1n) is 5.00. The summed E-state index contributed by atoms with van der Waals surface area (Å²) < 4.78 is 10.5. The average molecular weight is 251 g/mol. The number of hydrogen-bond acceptors (Lipinski definition) is 4. The molecule has 0 aliphatic heterocycles. The molecule has 0 amide bonds. The second kappa shape index (κ2) is 5.01. The quantitative estimate of drug-likeness (QED) is 0.839. The van der Waals surface area contributed by atoms with Gasteiger partial charge in [0.15, 0.2) is 0 Å². The number of halogens is 1. The third-order valence-corrected chi connectivity index (χ3v) is 2.40. The maximum absolute atomic E-state index is 6.04. The lowest BCUT2D eigenvalue weighted by Gasteiger charge is -2.06. The molecule has 17 heavy (non-hydrogen) atoms. The van der Waals surface area contributed by atoms with Crippen molar-refractivity contribution >= 4 is 11.6 Å². The van der Waals surface area contributed by atoms with Crippen LogP contribution in [0.15, 0.2) is 30.5 Å². The van der Waals surface area contributed by atoms with E-state index in [1.54, 1.807) is 18.3 Å². The molecule has 5 heteroatoms. The van der Waals surface area contributed by atoms with Gasteiger partial charge in [0.1, 0.15) is 5.75 Å². The van der Waals surface area contributed by atoms with Crippen molar-refractivity contribution in [2.45, 2.75) is 6.92 Å². The number of methoxy groups -OCH3 is 1. The van der Waals surface area contributed by atoms with Crippen LogP contribution in [0.1, 0.15) is 5.56 Å². The van der Waals surface area contributed by atoms with Crippen molar-refractivity contribution in [1.82, 2.24) is 9.97 Å². The first kappa shape index (κ1) is 11.7. The molecular weight excluding hydrogens is 240 g/mol. The summed E-state index contributed by atoms with van der Waals surface area (Å²) in [7, 11) is 1.53. The van der Waals surface area contributed by atoms with Crippen LogP contribution in [-0.4, -0.2) is 17.1 Å². The summed E-state index contributed by atoms with van der Waals surface area (Å²) >= 11 is 6.04. The molecule has 0 radical (unpaired) electrons. The number of aryl methyl sites for hydroxylation is 1. The third kappa shape index (κ3) is 2.85. The van der Waals surface area contributed by atoms with E-state index in [0.29, 0.717) is 16.7 Å². The van der Waals surface area contributed by atoms with E-state index in [-0.39, 0.29) is 6.01 Å². The molecule has 0 saturated heterocycles. The molecule has 0 spiro atoms. The van der Waals surface area contributed by atoms with Gasteiger partial charge in [-0.15, -0.1) is 0 Å². The SMILES string of the molecule is COc1ccnc(Oc2ccc(C)cc2Cl)n1. The van der Waals surface area contributed by atoms with E-state index < -0.39 is 0 Å². The number of nitrogens with zero attached hydrogens (tertiary/aromatic N) is 2. The Morgan fingerprint density at radius 2 is 2.06 bits per heavy atom. The zero-order valence-electron chi connectivity index (χ0n) is 9.48. The van der Waals surface area contributed by atoms with Crippen molar-refractivity contribution in [2.75, 3.05) is 7.11 Å². The topological polar surface area (TPSA) is 44.2 Å². The summed E-state index contributed by atoms with van der Waals surface area (Å²) in [6.45, 7) is 1.96. The minimum atomic E-state index is 0.204. The van der Waals surface area contributed by atoms with Gasteiger partial charge in [0.25, 0.3) is 0 Å². The maximum atomic E-state index is 6.04. The average Bonchev–Trinajstić information content (AvgIpc) is 2.33. The Morgan fingerprint density at radius 3 is 2.76 bits per heavy atom. The van der Waals surface area contributed by atoms with Crippen LogP contribution in [0.2, 0.25) is 5.02 Å². The normalized spacial score (nSPS) is 10.1. The lowest BCUT2D eigenvalue weighted by Crippen LogP contribution is -1.94. The van der Waals surface area contributed by atoms with Crippen LogP contribution in [0.5, 0.6) is 17.6 Å². The number of ether oxygens (including phenoxy) is 2. The molecule has 1 heterocycles. The second-order valence-corrected chi connectivity index (χ2v) is 3.82. The largest absolute Gasteiger partial charge is 0.481 e. The van der Waals surface area contributed by atoms with E-state index in [1.807, 2.05) is 19.1 Å². The third-order valence-electron chi connectivity index (χ3n) is 2.11. The standard InChI is InChI=1S/C12H11ClN2O2/c1-8-3-4-10(9(13)7-8)17-12-14-6-5-11(15-12)16-2/h3-7H,1-2H3. The fourth-order valence-corrected chi connectivity index (χ4v) is 1.55. The van der Waals surface area contributed by atoms with Crippen LogP contribution < -0.4 is 9.47 Å². The molecule has 2 rings (SSSR count). The summed E-state index contributed by atoms with van der Waals surface area (Å²) in [4.78, 5) is 8.01. The molecule has 0 aliphatic carbocycles. The number of rotatable bonds is 3. The Balaban J connectivity index is 2.25. The molecular formula is C12H11ClN2O2. The van der Waals surface area contributed by atoms with E-state index in [4.69, 9.17) is 21.1 Å². The van der Waals surface area contributed by atoms with Gasteiger partial charge in [0.05, 0.1) is 12.1 Å². The van der Waals surface area contributed by atoms with E-state index >= 15 is 0 Å². The summed E-state index contributed by atoms with van der Waals surface area (Å²) in [6.07, 6.45) is 1.56. The first-order chi connectivity index (χ1) is 8.19. The molecule has 0 N–H and O–H groups in total. The molecule has 1 aromatic heterocycles. The molecule has 0 unspecified atom stereocenters. The van der Waals surface area contributed by atoms with E-state index in [2.05, 4.69) is 9.97 Å². The second-order valence-electron chi connectivity index (χ2n) is 3.42. The number of hydrogen-bond donors (Lipinski definition) is 0. The van der Waals surface area contributed by atoms with Crippen molar-refractivity contribution in [3.05, 3.63) is 41.0 Å². The lowest BCUT2D eigenvalue weighted by molar-refractivity contribution is 0.376. The van der Waals surface area contributed by atoms with Crippen molar-refractivity contribution in [3.8, 4) is 17.6 Å². The summed E-state index contributed by atoms with van der Waals surface area (Å²) in [5.41, 5.74) is 1.06. The van der Waals surface area contributed by atoms with Gasteiger partial charge < -0.3 is 9.47 Å². The van der Waals surface area contributed by atoms with Crippen LogP contribution in [0, 0.1) is 6.92 Å². The monoisotopic (exact) mass is 250 g/mol. The molecule has 88 valence electrons. The Hall–Kier alpha value is -1.81. The summed E-state index contributed by atoms with van der Waals surface area (Å²) in [5, 5.41) is 0.524. The highest BCUT2D eigenvalue weighted by molar-refractivity contribution is 6.32. The highest BCUT2D eigenvalue weighted by Gasteiger charge is 2.06. The first-order valence-corrected chi connectivity index (χ1v) is 5.38. The zero-order valence-corrected chi connectivity index (χ0v) is 10.2. The zero-order chi connectivity index (χ0) is 12.3. The van der Waals surface area contributed by atoms with Gasteiger partial charge in [-0.3, -0.25) is 0 Å². The maximum Gasteiger partial charge on any atom is 0.325 e. The van der Waals surface area contributed by atoms with Crippen LogP contribution in [0.4, 0.5) is 0 Å². The number of benzene rings is 1. The molecule has 0 fully saturated rings. The minimum absolute atomic E-state index is 0.204. The van der Waals surface area contributed by atoms with Gasteiger partial charge >= 0.3 is 6.01 Å². The highest BCUT2D eigenvalue weighted by Crippen LogP contribution is 2.28. The van der Waals surface area contributed by atoms with E-state index in [9.17, 15) is 0 Å². The Morgan fingerprint density at radius 1 is 1.24 bits per heavy atom. The molecule has 0 aliphatic rings. The van der Waals surface area contributed by atoms with Gasteiger partial charge in [0, 0.05) is 12.3 Å². The summed E-state index contributed by atoms with van der Waals surface area (Å²) in [6, 6.07) is 7.35. The molecule has 0 bridgehead atoms. The number of aromatic nitrogens is 2. The van der Waals surface area contributed by atoms with Gasteiger partial charge in [0.2, 0.25) is 5.88 Å². The van der Waals surface area contributed by atoms with Crippen molar-refractivity contribution < 1.29 is 9.47 Å². The molecule has 0 atom stereocenters. The Labute approximate surface area is 104 Å². The van der Waals surface area contributed by atoms with Crippen molar-refractivity contribution in [1.29, 1.82) is 0 Å². The van der Waals surface area contributed by atoms with Gasteiger partial charge in [-0.2, -0.15) is 4.98 Å². The predicted octanol–water partition coefficient (Wildman–Crippen LogP) is 3.24. The fourth-order valence-electron chi connectivity index (χ4n) is 1.28. The van der Waals surface area contributed by atoms with Crippen LogP contribution in [0.25, 0.3) is 0 Å². The van der Waals surface area contributed by atoms with E-state index in [1.165, 1.54) is 7.11 Å². The van der Waals surface area contributed by atoms with Gasteiger partial charge in [-0.1, -0.05) is 17.7 Å². The summed E-state index contributed by atoms with van der Waals surface area (Å²) in [5.74, 6) is 0.962.